The first kappa shape index (κ1) is 27.7. The Morgan fingerprint density at radius 3 is 2.32 bits per heavy atom. The van der Waals surface area contributed by atoms with Gasteiger partial charge in [0.05, 0.1) is 34.8 Å². The van der Waals surface area contributed by atoms with Crippen LogP contribution in [0.15, 0.2) is 58.9 Å². The minimum atomic E-state index is -1.01. The predicted octanol–water partition coefficient (Wildman–Crippen LogP) is 4.03. The van der Waals surface area contributed by atoms with Gasteiger partial charge in [0.2, 0.25) is 0 Å². The van der Waals surface area contributed by atoms with Gasteiger partial charge in [-0.25, -0.2) is 9.59 Å². The van der Waals surface area contributed by atoms with E-state index in [2.05, 4.69) is 0 Å². The summed E-state index contributed by atoms with van der Waals surface area (Å²) >= 11 is 14.0. The van der Waals surface area contributed by atoms with Crippen LogP contribution >= 0.6 is 34.5 Å². The summed E-state index contributed by atoms with van der Waals surface area (Å²) < 4.78 is 12.6. The van der Waals surface area contributed by atoms with Crippen molar-refractivity contribution in [2.75, 3.05) is 13.2 Å². The van der Waals surface area contributed by atoms with Crippen molar-refractivity contribution in [1.29, 1.82) is 0 Å². The Labute approximate surface area is 233 Å². The van der Waals surface area contributed by atoms with Crippen LogP contribution in [0.25, 0.3) is 17.5 Å². The number of ether oxygens (including phenoxy) is 2. The smallest absolute Gasteiger partial charge is 0.338 e. The topological polar surface area (TPSA) is 101 Å². The molecule has 38 heavy (non-hydrogen) atoms. The second kappa shape index (κ2) is 12.0. The SMILES string of the molecule is CCCCOC(=O)C1=C(N)n2c(s/c(=C\c3ccccc3Cl)c2=O)=C(C(=O)OCC)[C@H]1c1ccccc1Cl. The maximum atomic E-state index is 13.6. The largest absolute Gasteiger partial charge is 0.463 e. The minimum absolute atomic E-state index is 0.0473. The molecule has 7 nitrogen and oxygen atoms in total. The van der Waals surface area contributed by atoms with Crippen molar-refractivity contribution in [2.24, 2.45) is 5.73 Å². The normalized spacial score (nSPS) is 15.4. The van der Waals surface area contributed by atoms with Crippen molar-refractivity contribution in [2.45, 2.75) is 32.6 Å². The molecular weight excluding hydrogens is 547 g/mol. The average molecular weight is 573 g/mol. The number of nitrogens with zero attached hydrogens (tertiary/aromatic N) is 1. The Bertz CT molecular complexity index is 1610. The van der Waals surface area contributed by atoms with Gasteiger partial charge in [-0.2, -0.15) is 0 Å². The van der Waals surface area contributed by atoms with Gasteiger partial charge in [-0.15, -0.1) is 11.3 Å². The lowest BCUT2D eigenvalue weighted by Crippen LogP contribution is -2.42. The molecule has 2 heterocycles. The molecule has 1 atom stereocenters. The number of rotatable bonds is 8. The number of esters is 2. The number of hydrogen-bond acceptors (Lipinski definition) is 7. The zero-order valence-electron chi connectivity index (χ0n) is 20.8. The molecule has 0 saturated carbocycles. The lowest BCUT2D eigenvalue weighted by molar-refractivity contribution is -0.139. The third kappa shape index (κ3) is 5.29. The van der Waals surface area contributed by atoms with E-state index in [9.17, 15) is 14.4 Å². The third-order valence-corrected chi connectivity index (χ3v) is 7.80. The van der Waals surface area contributed by atoms with Crippen LogP contribution in [0.5, 0.6) is 0 Å². The molecule has 0 saturated heterocycles. The number of nitrogens with two attached hydrogens (primary N) is 1. The van der Waals surface area contributed by atoms with Gasteiger partial charge in [0.15, 0.2) is 0 Å². The highest BCUT2D eigenvalue weighted by molar-refractivity contribution is 7.07. The van der Waals surface area contributed by atoms with Crippen LogP contribution in [0.2, 0.25) is 10.0 Å². The summed E-state index contributed by atoms with van der Waals surface area (Å²) in [5, 5.41) is 0.775. The maximum Gasteiger partial charge on any atom is 0.338 e. The van der Waals surface area contributed by atoms with E-state index in [0.717, 1.165) is 17.8 Å². The molecule has 0 radical (unpaired) electrons. The van der Waals surface area contributed by atoms with Gasteiger partial charge >= 0.3 is 11.9 Å². The molecule has 0 amide bonds. The number of hydrogen-bond donors (Lipinski definition) is 1. The van der Waals surface area contributed by atoms with Gasteiger partial charge in [0.1, 0.15) is 10.5 Å². The third-order valence-electron chi connectivity index (χ3n) is 6.00. The Kier molecular flexibility index (Phi) is 8.76. The highest BCUT2D eigenvalue weighted by Crippen LogP contribution is 2.40. The molecule has 4 rings (SSSR count). The van der Waals surface area contributed by atoms with Crippen molar-refractivity contribution in [3.8, 4) is 0 Å². The predicted molar refractivity (Wildman–Crippen MR) is 150 cm³/mol. The summed E-state index contributed by atoms with van der Waals surface area (Å²) in [4.78, 5) is 40.6. The molecule has 2 N–H and O–H groups in total. The van der Waals surface area contributed by atoms with E-state index in [4.69, 9.17) is 38.4 Å². The lowest BCUT2D eigenvalue weighted by Gasteiger charge is -2.27. The van der Waals surface area contributed by atoms with E-state index in [1.54, 1.807) is 61.5 Å². The van der Waals surface area contributed by atoms with Crippen molar-refractivity contribution < 1.29 is 19.1 Å². The fourth-order valence-electron chi connectivity index (χ4n) is 4.19. The van der Waals surface area contributed by atoms with Crippen LogP contribution in [-0.2, 0) is 19.1 Å². The van der Waals surface area contributed by atoms with Gasteiger partial charge < -0.3 is 15.2 Å². The molecule has 1 aliphatic rings. The van der Waals surface area contributed by atoms with Crippen molar-refractivity contribution in [3.05, 3.63) is 94.8 Å². The van der Waals surface area contributed by atoms with E-state index >= 15 is 0 Å². The first-order valence-corrected chi connectivity index (χ1v) is 13.7. The molecule has 2 aromatic carbocycles. The highest BCUT2D eigenvalue weighted by Gasteiger charge is 2.40. The Morgan fingerprint density at radius 2 is 1.66 bits per heavy atom. The molecule has 0 unspecified atom stereocenters. The fraction of sp³-hybridized carbons (Fsp3) is 0.250. The Balaban J connectivity index is 2.09. The number of halogens is 2. The zero-order valence-corrected chi connectivity index (χ0v) is 23.2. The quantitative estimate of drug-likeness (QED) is 0.323. The summed E-state index contributed by atoms with van der Waals surface area (Å²) in [6.07, 6.45) is 3.08. The summed E-state index contributed by atoms with van der Waals surface area (Å²) in [7, 11) is 0. The summed E-state index contributed by atoms with van der Waals surface area (Å²) in [6.45, 7) is 3.89. The molecule has 10 heteroatoms. The van der Waals surface area contributed by atoms with Crippen molar-refractivity contribution >= 4 is 63.9 Å². The molecule has 0 fully saturated rings. The van der Waals surface area contributed by atoms with Gasteiger partial charge in [0, 0.05) is 10.0 Å². The van der Waals surface area contributed by atoms with E-state index in [1.165, 1.54) is 4.57 Å². The van der Waals surface area contributed by atoms with Crippen molar-refractivity contribution in [1.82, 2.24) is 4.57 Å². The molecule has 0 aliphatic carbocycles. The Hall–Kier alpha value is -3.33. The van der Waals surface area contributed by atoms with Crippen LogP contribution in [-0.4, -0.2) is 29.7 Å². The van der Waals surface area contributed by atoms with E-state index in [1.807, 2.05) is 6.92 Å². The van der Waals surface area contributed by atoms with Gasteiger partial charge in [-0.3, -0.25) is 9.36 Å². The molecule has 3 aromatic rings. The van der Waals surface area contributed by atoms with Crippen LogP contribution in [0, 0.1) is 0 Å². The van der Waals surface area contributed by atoms with Gasteiger partial charge in [0.25, 0.3) is 5.56 Å². The first-order valence-electron chi connectivity index (χ1n) is 12.1. The second-order valence-electron chi connectivity index (χ2n) is 8.45. The average Bonchev–Trinajstić information content (AvgIpc) is 3.21. The highest BCUT2D eigenvalue weighted by atomic mass is 35.5. The monoisotopic (exact) mass is 572 g/mol. The molecule has 198 valence electrons. The summed E-state index contributed by atoms with van der Waals surface area (Å²) in [5.74, 6) is -2.56. The molecule has 0 bridgehead atoms. The first-order chi connectivity index (χ1) is 18.3. The Morgan fingerprint density at radius 1 is 1.00 bits per heavy atom. The fourth-order valence-corrected chi connectivity index (χ4v) is 5.79. The van der Waals surface area contributed by atoms with Crippen LogP contribution < -0.4 is 20.5 Å². The van der Waals surface area contributed by atoms with E-state index in [0.29, 0.717) is 27.6 Å². The van der Waals surface area contributed by atoms with Crippen molar-refractivity contribution in [3.63, 3.8) is 0 Å². The molecule has 1 aliphatic heterocycles. The number of thiazole rings is 1. The number of fused-ring (bicyclic) bond motifs is 1. The zero-order chi connectivity index (χ0) is 27.4. The number of benzene rings is 2. The number of carbonyl (C=O) groups is 2. The van der Waals surface area contributed by atoms with Crippen LogP contribution in [0.4, 0.5) is 0 Å². The molecule has 1 aromatic heterocycles. The lowest BCUT2D eigenvalue weighted by atomic mass is 9.83. The summed E-state index contributed by atoms with van der Waals surface area (Å²) in [5.41, 5.74) is 7.16. The maximum absolute atomic E-state index is 13.6. The number of aromatic nitrogens is 1. The number of carbonyl (C=O) groups excluding carboxylic acids is 2. The number of unbranched alkanes of at least 4 members (excludes halogenated alkanes) is 1. The summed E-state index contributed by atoms with van der Waals surface area (Å²) in [6, 6.07) is 13.9. The van der Waals surface area contributed by atoms with Gasteiger partial charge in [-0.1, -0.05) is 72.9 Å². The van der Waals surface area contributed by atoms with E-state index in [-0.39, 0.29) is 39.4 Å². The van der Waals surface area contributed by atoms with E-state index < -0.39 is 23.4 Å². The molecule has 0 spiro atoms. The van der Waals surface area contributed by atoms with Gasteiger partial charge in [-0.05, 0) is 42.7 Å². The standard InChI is InChI=1S/C28H26Cl2N2O5S/c1-3-5-14-37-27(34)22-21(17-11-7-9-13-19(17)30)23(28(35)36-4-2)26-32(24(22)31)25(33)20(38-26)15-16-10-6-8-12-18(16)29/h6-13,15,21H,3-5,14,31H2,1-2H3/b20-15-/t21-/m0/s1. The van der Waals surface area contributed by atoms with Crippen LogP contribution in [0.3, 0.4) is 0 Å². The molecular formula is C28H26Cl2N2O5S. The minimum Gasteiger partial charge on any atom is -0.463 e. The van der Waals surface area contributed by atoms with Crippen LogP contribution in [0.1, 0.15) is 43.7 Å². The second-order valence-corrected chi connectivity index (χ2v) is 10.3.